The highest BCUT2D eigenvalue weighted by Gasteiger charge is 2.32. The van der Waals surface area contributed by atoms with Crippen molar-refractivity contribution < 1.29 is 14.7 Å². The van der Waals surface area contributed by atoms with Crippen molar-refractivity contribution in [3.63, 3.8) is 0 Å². The summed E-state index contributed by atoms with van der Waals surface area (Å²) in [4.78, 5) is 31.3. The Morgan fingerprint density at radius 3 is 2.40 bits per heavy atom. The van der Waals surface area contributed by atoms with Crippen LogP contribution in [0, 0.1) is 6.92 Å². The summed E-state index contributed by atoms with van der Waals surface area (Å²) < 4.78 is 0. The second-order valence-corrected chi connectivity index (χ2v) is 8.72. The zero-order valence-corrected chi connectivity index (χ0v) is 18.6. The van der Waals surface area contributed by atoms with E-state index in [0.29, 0.717) is 25.6 Å². The van der Waals surface area contributed by atoms with E-state index in [1.165, 1.54) is 11.1 Å². The molecule has 1 aromatic carbocycles. The Labute approximate surface area is 180 Å². The Kier molecular flexibility index (Phi) is 7.72. The van der Waals surface area contributed by atoms with Crippen molar-refractivity contribution in [2.24, 2.45) is 0 Å². The second-order valence-electron chi connectivity index (χ2n) is 8.72. The molecule has 1 aromatic rings. The second kappa shape index (κ2) is 10.3. The molecule has 0 bridgehead atoms. The predicted octanol–water partition coefficient (Wildman–Crippen LogP) is 1.97. The van der Waals surface area contributed by atoms with E-state index in [2.05, 4.69) is 48.1 Å². The number of amides is 2. The van der Waals surface area contributed by atoms with Crippen LogP contribution < -0.4 is 5.32 Å². The minimum atomic E-state index is -1.15. The van der Waals surface area contributed by atoms with Gasteiger partial charge in [-0.3, -0.25) is 9.69 Å². The van der Waals surface area contributed by atoms with Crippen LogP contribution in [0.1, 0.15) is 36.5 Å². The lowest BCUT2D eigenvalue weighted by Crippen LogP contribution is -2.55. The van der Waals surface area contributed by atoms with E-state index >= 15 is 0 Å². The first-order valence-corrected chi connectivity index (χ1v) is 11.2. The van der Waals surface area contributed by atoms with Crippen LogP contribution in [0.15, 0.2) is 18.2 Å². The molecular formula is C23H36N4O3. The normalized spacial score (nSPS) is 20.2. The molecule has 7 nitrogen and oxygen atoms in total. The van der Waals surface area contributed by atoms with Crippen LogP contribution in [0.25, 0.3) is 0 Å². The molecule has 3 rings (SSSR count). The number of benzene rings is 1. The Morgan fingerprint density at radius 1 is 1.13 bits per heavy atom. The van der Waals surface area contributed by atoms with Gasteiger partial charge in [-0.1, -0.05) is 25.1 Å². The molecule has 2 aliphatic rings. The molecule has 2 saturated heterocycles. The van der Waals surface area contributed by atoms with Crippen molar-refractivity contribution in [1.82, 2.24) is 20.0 Å². The lowest BCUT2D eigenvalue weighted by molar-refractivity contribution is -0.135. The van der Waals surface area contributed by atoms with Crippen molar-refractivity contribution >= 4 is 12.0 Å². The van der Waals surface area contributed by atoms with E-state index in [9.17, 15) is 14.7 Å². The number of aryl methyl sites for hydroxylation is 2. The number of carboxylic acid groups (broad SMARTS) is 1. The standard InChI is InChI=1S/C23H36N4O3/c1-4-19-15-18(6-5-17(19)2)16-21(24-23(29)30)22(28)27-9-7-20(8-10-27)26-13-11-25(3)12-14-26/h5-6,15,20-21,24H,4,7-14,16H2,1-3H3,(H,29,30)/t21-/m1/s1. The smallest absolute Gasteiger partial charge is 0.405 e. The monoisotopic (exact) mass is 416 g/mol. The van der Waals surface area contributed by atoms with E-state index < -0.39 is 12.1 Å². The minimum absolute atomic E-state index is 0.104. The highest BCUT2D eigenvalue weighted by atomic mass is 16.4. The molecule has 30 heavy (non-hydrogen) atoms. The number of piperazine rings is 1. The Balaban J connectivity index is 1.61. The SMILES string of the molecule is CCc1cc(C[C@@H](NC(=O)O)C(=O)N2CCC(N3CCN(C)CC3)CC2)ccc1C. The number of piperidine rings is 1. The maximum atomic E-state index is 13.2. The molecule has 2 fully saturated rings. The van der Waals surface area contributed by atoms with Crippen LogP contribution >= 0.6 is 0 Å². The number of hydrogen-bond donors (Lipinski definition) is 2. The van der Waals surface area contributed by atoms with Gasteiger partial charge in [0.2, 0.25) is 5.91 Å². The average Bonchev–Trinajstić information content (AvgIpc) is 2.74. The van der Waals surface area contributed by atoms with E-state index in [-0.39, 0.29) is 5.91 Å². The van der Waals surface area contributed by atoms with Crippen LogP contribution in [0.5, 0.6) is 0 Å². The molecule has 2 aliphatic heterocycles. The van der Waals surface area contributed by atoms with Crippen LogP contribution in [0.2, 0.25) is 0 Å². The molecule has 7 heteroatoms. The summed E-state index contributed by atoms with van der Waals surface area (Å²) in [6.45, 7) is 9.95. The molecule has 166 valence electrons. The van der Waals surface area contributed by atoms with Crippen LogP contribution in [-0.2, 0) is 17.6 Å². The summed E-state index contributed by atoms with van der Waals surface area (Å²) in [5.41, 5.74) is 3.46. The van der Waals surface area contributed by atoms with Crippen molar-refractivity contribution in [3.05, 3.63) is 34.9 Å². The summed E-state index contributed by atoms with van der Waals surface area (Å²) in [6, 6.07) is 5.93. The highest BCUT2D eigenvalue weighted by molar-refractivity contribution is 5.85. The average molecular weight is 417 g/mol. The van der Waals surface area contributed by atoms with Crippen LogP contribution in [-0.4, -0.2) is 90.2 Å². The number of likely N-dealkylation sites (tertiary alicyclic amines) is 1. The zero-order chi connectivity index (χ0) is 21.7. The van der Waals surface area contributed by atoms with Gasteiger partial charge in [-0.25, -0.2) is 4.79 Å². The largest absolute Gasteiger partial charge is 0.465 e. The summed E-state index contributed by atoms with van der Waals surface area (Å²) in [7, 11) is 2.16. The van der Waals surface area contributed by atoms with Crippen molar-refractivity contribution in [2.45, 2.75) is 51.6 Å². The van der Waals surface area contributed by atoms with Gasteiger partial charge in [0.1, 0.15) is 6.04 Å². The molecule has 0 radical (unpaired) electrons. The number of likely N-dealkylation sites (N-methyl/N-ethyl adjacent to an activating group) is 1. The third-order valence-electron chi connectivity index (χ3n) is 6.66. The van der Waals surface area contributed by atoms with Gasteiger partial charge in [-0.2, -0.15) is 0 Å². The first kappa shape index (κ1) is 22.6. The van der Waals surface area contributed by atoms with Gasteiger partial charge in [0.25, 0.3) is 0 Å². The van der Waals surface area contributed by atoms with Crippen molar-refractivity contribution in [3.8, 4) is 0 Å². The fourth-order valence-corrected chi connectivity index (χ4v) is 4.68. The molecular weight excluding hydrogens is 380 g/mol. The van der Waals surface area contributed by atoms with Gasteiger partial charge < -0.3 is 20.2 Å². The summed E-state index contributed by atoms with van der Waals surface area (Å²) in [5, 5.41) is 11.8. The summed E-state index contributed by atoms with van der Waals surface area (Å²) in [6.07, 6.45) is 2.07. The minimum Gasteiger partial charge on any atom is -0.465 e. The van der Waals surface area contributed by atoms with E-state index in [1.807, 2.05) is 11.0 Å². The topological polar surface area (TPSA) is 76.1 Å². The molecule has 2 amide bonds. The van der Waals surface area contributed by atoms with Gasteiger partial charge >= 0.3 is 6.09 Å². The van der Waals surface area contributed by atoms with Gasteiger partial charge in [0.15, 0.2) is 0 Å². The van der Waals surface area contributed by atoms with Crippen molar-refractivity contribution in [1.29, 1.82) is 0 Å². The lowest BCUT2D eigenvalue weighted by atomic mass is 9.97. The van der Waals surface area contributed by atoms with Crippen LogP contribution in [0.3, 0.4) is 0 Å². The summed E-state index contributed by atoms with van der Waals surface area (Å²) >= 11 is 0. The Bertz CT molecular complexity index is 738. The third-order valence-corrected chi connectivity index (χ3v) is 6.66. The number of carbonyl (C=O) groups excluding carboxylic acids is 1. The number of nitrogens with zero attached hydrogens (tertiary/aromatic N) is 3. The van der Waals surface area contributed by atoms with Gasteiger partial charge in [-0.05, 0) is 49.9 Å². The van der Waals surface area contributed by atoms with Crippen LogP contribution in [0.4, 0.5) is 4.79 Å². The number of rotatable bonds is 6. The zero-order valence-electron chi connectivity index (χ0n) is 18.6. The Hall–Kier alpha value is -2.12. The lowest BCUT2D eigenvalue weighted by Gasteiger charge is -2.42. The van der Waals surface area contributed by atoms with Gasteiger partial charge in [-0.15, -0.1) is 0 Å². The van der Waals surface area contributed by atoms with E-state index in [1.54, 1.807) is 0 Å². The molecule has 0 saturated carbocycles. The van der Waals surface area contributed by atoms with E-state index in [4.69, 9.17) is 0 Å². The third kappa shape index (κ3) is 5.73. The summed E-state index contributed by atoms with van der Waals surface area (Å²) in [5.74, 6) is -0.104. The Morgan fingerprint density at radius 2 is 1.80 bits per heavy atom. The first-order valence-electron chi connectivity index (χ1n) is 11.2. The molecule has 0 unspecified atom stereocenters. The molecule has 0 spiro atoms. The van der Waals surface area contributed by atoms with Crippen molar-refractivity contribution in [2.75, 3.05) is 46.3 Å². The number of carbonyl (C=O) groups is 2. The first-order chi connectivity index (χ1) is 14.4. The van der Waals surface area contributed by atoms with Gasteiger partial charge in [0.05, 0.1) is 0 Å². The predicted molar refractivity (Wildman–Crippen MR) is 118 cm³/mol. The molecule has 1 atom stereocenters. The maximum Gasteiger partial charge on any atom is 0.405 e. The quantitative estimate of drug-likeness (QED) is 0.742. The van der Waals surface area contributed by atoms with E-state index in [0.717, 1.165) is 51.0 Å². The fraction of sp³-hybridized carbons (Fsp3) is 0.652. The maximum absolute atomic E-state index is 13.2. The number of hydrogen-bond acceptors (Lipinski definition) is 4. The molecule has 2 heterocycles. The molecule has 2 N–H and O–H groups in total. The fourth-order valence-electron chi connectivity index (χ4n) is 4.68. The molecule has 0 aliphatic carbocycles. The van der Waals surface area contributed by atoms with Gasteiger partial charge in [0, 0.05) is 51.7 Å². The highest BCUT2D eigenvalue weighted by Crippen LogP contribution is 2.20. The molecule has 0 aromatic heterocycles. The number of nitrogens with one attached hydrogen (secondary N) is 1.